The molecular formula is C26H25N3O4. The van der Waals surface area contributed by atoms with Gasteiger partial charge in [-0.3, -0.25) is 14.5 Å². The molecule has 0 unspecified atom stereocenters. The minimum absolute atomic E-state index is 0.0940. The fourth-order valence-electron chi connectivity index (χ4n) is 4.48. The first-order valence-corrected chi connectivity index (χ1v) is 11.0. The number of hydrogen-bond donors (Lipinski definition) is 0. The van der Waals surface area contributed by atoms with Crippen LogP contribution in [0.2, 0.25) is 0 Å². The van der Waals surface area contributed by atoms with E-state index < -0.39 is 0 Å². The van der Waals surface area contributed by atoms with Crippen molar-refractivity contribution >= 4 is 23.1 Å². The van der Waals surface area contributed by atoms with Crippen molar-refractivity contribution in [2.75, 3.05) is 38.2 Å². The molecule has 2 aromatic carbocycles. The maximum atomic E-state index is 13.6. The van der Waals surface area contributed by atoms with Gasteiger partial charge in [-0.2, -0.15) is 0 Å². The Kier molecular flexibility index (Phi) is 5.60. The quantitative estimate of drug-likeness (QED) is 0.544. The van der Waals surface area contributed by atoms with E-state index in [1.54, 1.807) is 31.6 Å². The van der Waals surface area contributed by atoms with E-state index in [0.29, 0.717) is 41.4 Å². The molecular weight excluding hydrogens is 418 g/mol. The number of carbonyl (C=O) groups excluding carboxylic acids is 2. The molecule has 7 nitrogen and oxygen atoms in total. The Balaban J connectivity index is 1.49. The average Bonchev–Trinajstić information content (AvgIpc) is 3.47. The van der Waals surface area contributed by atoms with Crippen LogP contribution in [0.3, 0.4) is 0 Å². The lowest BCUT2D eigenvalue weighted by Gasteiger charge is -2.37. The Labute approximate surface area is 192 Å². The molecule has 2 aliphatic heterocycles. The number of anilines is 1. The second-order valence-electron chi connectivity index (χ2n) is 8.01. The van der Waals surface area contributed by atoms with Gasteiger partial charge >= 0.3 is 0 Å². The third kappa shape index (κ3) is 3.86. The molecule has 0 bridgehead atoms. The third-order valence-corrected chi connectivity index (χ3v) is 6.13. The molecule has 33 heavy (non-hydrogen) atoms. The Morgan fingerprint density at radius 3 is 2.21 bits per heavy atom. The number of carbonyl (C=O) groups is 2. The lowest BCUT2D eigenvalue weighted by Crippen LogP contribution is -2.47. The van der Waals surface area contributed by atoms with Gasteiger partial charge in [0.25, 0.3) is 11.8 Å². The van der Waals surface area contributed by atoms with Crippen molar-refractivity contribution in [2.24, 2.45) is 0 Å². The molecule has 0 atom stereocenters. The summed E-state index contributed by atoms with van der Waals surface area (Å²) >= 11 is 0. The van der Waals surface area contributed by atoms with Crippen LogP contribution in [0.4, 0.5) is 5.69 Å². The predicted octanol–water partition coefficient (Wildman–Crippen LogP) is 3.39. The van der Waals surface area contributed by atoms with Gasteiger partial charge in [-0.15, -0.1) is 0 Å². The zero-order valence-electron chi connectivity index (χ0n) is 18.4. The molecule has 0 spiro atoms. The first-order chi connectivity index (χ1) is 16.2. The van der Waals surface area contributed by atoms with E-state index in [0.717, 1.165) is 18.8 Å². The number of piperazine rings is 1. The highest BCUT2D eigenvalue weighted by Gasteiger charge is 2.43. The van der Waals surface area contributed by atoms with Crippen molar-refractivity contribution in [3.8, 4) is 5.75 Å². The van der Waals surface area contributed by atoms with E-state index in [1.807, 2.05) is 41.3 Å². The van der Waals surface area contributed by atoms with Crippen molar-refractivity contribution in [2.45, 2.75) is 6.54 Å². The van der Waals surface area contributed by atoms with Crippen LogP contribution < -0.4 is 9.64 Å². The van der Waals surface area contributed by atoms with Crippen LogP contribution >= 0.6 is 0 Å². The van der Waals surface area contributed by atoms with Crippen LogP contribution in [-0.4, -0.2) is 54.9 Å². The Bertz CT molecular complexity index is 1180. The molecule has 168 valence electrons. The highest BCUT2D eigenvalue weighted by atomic mass is 16.5. The summed E-state index contributed by atoms with van der Waals surface area (Å²) in [5, 5.41) is 0. The predicted molar refractivity (Wildman–Crippen MR) is 124 cm³/mol. The first-order valence-electron chi connectivity index (χ1n) is 11.0. The van der Waals surface area contributed by atoms with E-state index in [9.17, 15) is 9.59 Å². The first kappa shape index (κ1) is 20.9. The summed E-state index contributed by atoms with van der Waals surface area (Å²) in [6, 6.07) is 21.1. The zero-order chi connectivity index (χ0) is 22.8. The molecule has 0 aliphatic carbocycles. The van der Waals surface area contributed by atoms with Gasteiger partial charge in [0, 0.05) is 37.4 Å². The average molecular weight is 444 g/mol. The second-order valence-corrected chi connectivity index (χ2v) is 8.01. The molecule has 1 fully saturated rings. The molecule has 0 saturated carbocycles. The minimum atomic E-state index is -0.332. The summed E-state index contributed by atoms with van der Waals surface area (Å²) in [6.45, 7) is 2.88. The van der Waals surface area contributed by atoms with Gasteiger partial charge in [0.05, 0.1) is 25.5 Å². The van der Waals surface area contributed by atoms with Gasteiger partial charge in [-0.1, -0.05) is 36.4 Å². The molecule has 3 aromatic rings. The largest absolute Gasteiger partial charge is 0.496 e. The van der Waals surface area contributed by atoms with Crippen LogP contribution in [0.15, 0.2) is 83.1 Å². The van der Waals surface area contributed by atoms with Crippen molar-refractivity contribution in [3.63, 3.8) is 0 Å². The number of rotatable bonds is 6. The molecule has 2 amide bonds. The minimum Gasteiger partial charge on any atom is -0.496 e. The van der Waals surface area contributed by atoms with Gasteiger partial charge in [-0.25, -0.2) is 0 Å². The summed E-state index contributed by atoms with van der Waals surface area (Å²) < 4.78 is 10.9. The van der Waals surface area contributed by atoms with E-state index in [-0.39, 0.29) is 18.4 Å². The topological polar surface area (TPSA) is 66.2 Å². The van der Waals surface area contributed by atoms with Gasteiger partial charge in [-0.05, 0) is 30.3 Å². The summed E-state index contributed by atoms with van der Waals surface area (Å²) in [5.41, 5.74) is 2.60. The van der Waals surface area contributed by atoms with Crippen LogP contribution in [0.5, 0.6) is 5.75 Å². The molecule has 7 heteroatoms. The van der Waals surface area contributed by atoms with Crippen LogP contribution in [0.1, 0.15) is 11.3 Å². The highest BCUT2D eigenvalue weighted by molar-refractivity contribution is 6.35. The van der Waals surface area contributed by atoms with Gasteiger partial charge in [0.1, 0.15) is 17.2 Å². The van der Waals surface area contributed by atoms with Crippen molar-refractivity contribution in [1.82, 2.24) is 9.80 Å². The summed E-state index contributed by atoms with van der Waals surface area (Å²) in [6.07, 6.45) is 1.54. The molecule has 5 rings (SSSR count). The fraction of sp³-hybridized carbons (Fsp3) is 0.231. The number of hydrogen-bond acceptors (Lipinski definition) is 6. The number of benzene rings is 2. The molecule has 0 radical (unpaired) electrons. The number of ether oxygens (including phenoxy) is 1. The zero-order valence-corrected chi connectivity index (χ0v) is 18.4. The van der Waals surface area contributed by atoms with Crippen molar-refractivity contribution in [3.05, 3.63) is 90.0 Å². The monoisotopic (exact) mass is 443 g/mol. The van der Waals surface area contributed by atoms with Crippen molar-refractivity contribution in [1.29, 1.82) is 0 Å². The van der Waals surface area contributed by atoms with Gasteiger partial charge in [0.2, 0.25) is 0 Å². The van der Waals surface area contributed by atoms with E-state index in [1.165, 1.54) is 4.90 Å². The van der Waals surface area contributed by atoms with E-state index >= 15 is 0 Å². The van der Waals surface area contributed by atoms with Gasteiger partial charge < -0.3 is 19.0 Å². The molecule has 1 saturated heterocycles. The number of furan rings is 1. The Morgan fingerprint density at radius 2 is 1.52 bits per heavy atom. The van der Waals surface area contributed by atoms with E-state index in [2.05, 4.69) is 17.0 Å². The fourth-order valence-corrected chi connectivity index (χ4v) is 4.48. The molecule has 2 aliphatic rings. The van der Waals surface area contributed by atoms with Gasteiger partial charge in [0.15, 0.2) is 0 Å². The van der Waals surface area contributed by atoms with Crippen LogP contribution in [-0.2, 0) is 16.1 Å². The second kappa shape index (κ2) is 8.86. The summed E-state index contributed by atoms with van der Waals surface area (Å²) in [5.74, 6) is 0.493. The van der Waals surface area contributed by atoms with Crippen LogP contribution in [0, 0.1) is 0 Å². The third-order valence-electron chi connectivity index (χ3n) is 6.13. The Morgan fingerprint density at radius 1 is 0.818 bits per heavy atom. The molecule has 3 heterocycles. The summed E-state index contributed by atoms with van der Waals surface area (Å²) in [7, 11) is 1.57. The highest BCUT2D eigenvalue weighted by Crippen LogP contribution is 2.37. The number of amides is 2. The Hall–Kier alpha value is -4.00. The van der Waals surface area contributed by atoms with Crippen LogP contribution in [0.25, 0.3) is 5.57 Å². The van der Waals surface area contributed by atoms with Crippen molar-refractivity contribution < 1.29 is 18.7 Å². The molecule has 1 aromatic heterocycles. The lowest BCUT2D eigenvalue weighted by atomic mass is 10.0. The smallest absolute Gasteiger partial charge is 0.278 e. The summed E-state index contributed by atoms with van der Waals surface area (Å²) in [4.78, 5) is 32.7. The molecule has 0 N–H and O–H groups in total. The maximum absolute atomic E-state index is 13.6. The van der Waals surface area contributed by atoms with E-state index in [4.69, 9.17) is 9.15 Å². The number of imide groups is 1. The lowest BCUT2D eigenvalue weighted by molar-refractivity contribution is -0.138. The normalized spacial score (nSPS) is 16.7. The number of para-hydroxylation sites is 2. The number of methoxy groups -OCH3 is 1. The standard InChI is InChI=1S/C26H25N3O4/c1-32-22-12-6-5-11-21(22)23-24(26(31)29(25(23)30)18-20-10-7-17-33-20)28-15-13-27(14-16-28)19-8-3-2-4-9-19/h2-12,17H,13-16,18H2,1H3. The number of nitrogens with zero attached hydrogens (tertiary/aromatic N) is 3. The SMILES string of the molecule is COc1ccccc1C1=C(N2CCN(c3ccccc3)CC2)C(=O)N(Cc2ccco2)C1=O. The maximum Gasteiger partial charge on any atom is 0.278 e.